The van der Waals surface area contributed by atoms with E-state index in [1.165, 1.54) is 22.4 Å². The predicted molar refractivity (Wildman–Crippen MR) is 120 cm³/mol. The van der Waals surface area contributed by atoms with Gasteiger partial charge in [-0.2, -0.15) is 0 Å². The average Bonchev–Trinajstić information content (AvgIpc) is 3.07. The first-order chi connectivity index (χ1) is 14.1. The van der Waals surface area contributed by atoms with Crippen LogP contribution in [0.2, 0.25) is 0 Å². The summed E-state index contributed by atoms with van der Waals surface area (Å²) in [5.41, 5.74) is 5.28. The number of aromatic hydroxyl groups is 1. The monoisotopic (exact) mass is 404 g/mol. The zero-order valence-electron chi connectivity index (χ0n) is 16.4. The quantitative estimate of drug-likeness (QED) is 0.546. The second-order valence-electron chi connectivity index (χ2n) is 7.44. The van der Waals surface area contributed by atoms with E-state index in [1.54, 1.807) is 29.7 Å². The molecule has 1 amide bonds. The van der Waals surface area contributed by atoms with Crippen molar-refractivity contribution in [3.63, 3.8) is 0 Å². The Hall–Kier alpha value is -2.92. The van der Waals surface area contributed by atoms with Gasteiger partial charge in [0.25, 0.3) is 0 Å². The van der Waals surface area contributed by atoms with Gasteiger partial charge < -0.3 is 10.4 Å². The fraction of sp³-hybridized carbons (Fsp3) is 0.250. The van der Waals surface area contributed by atoms with Gasteiger partial charge in [0.15, 0.2) is 0 Å². The Labute approximate surface area is 175 Å². The Balaban J connectivity index is 1.57. The maximum atomic E-state index is 12.7. The number of fused-ring (bicyclic) bond motifs is 1. The van der Waals surface area contributed by atoms with E-state index in [-0.39, 0.29) is 11.7 Å². The van der Waals surface area contributed by atoms with Crippen LogP contribution >= 0.6 is 11.3 Å². The van der Waals surface area contributed by atoms with Crippen LogP contribution in [-0.4, -0.2) is 17.2 Å². The molecular formula is C24H24N2O2S. The average molecular weight is 405 g/mol. The summed E-state index contributed by atoms with van der Waals surface area (Å²) in [6.45, 7) is 2.03. The van der Waals surface area contributed by atoms with E-state index < -0.39 is 0 Å². The molecule has 1 aromatic heterocycles. The normalized spacial score (nSPS) is 13.4. The van der Waals surface area contributed by atoms with E-state index in [1.807, 2.05) is 43.3 Å². The number of phenols is 1. The molecule has 0 unspecified atom stereocenters. The van der Waals surface area contributed by atoms with Crippen molar-refractivity contribution < 1.29 is 9.90 Å². The van der Waals surface area contributed by atoms with Crippen LogP contribution in [0.5, 0.6) is 5.75 Å². The van der Waals surface area contributed by atoms with Gasteiger partial charge in [-0.15, -0.1) is 11.3 Å². The minimum absolute atomic E-state index is 0.0129. The maximum Gasteiger partial charge on any atom is 0.228 e. The van der Waals surface area contributed by atoms with Crippen molar-refractivity contribution in [1.29, 1.82) is 0 Å². The summed E-state index contributed by atoms with van der Waals surface area (Å²) in [7, 11) is 0. The lowest BCUT2D eigenvalue weighted by atomic mass is 9.94. The van der Waals surface area contributed by atoms with Crippen molar-refractivity contribution in [3.8, 4) is 5.75 Å². The largest absolute Gasteiger partial charge is 0.508 e. The first-order valence-electron chi connectivity index (χ1n) is 9.91. The van der Waals surface area contributed by atoms with E-state index in [4.69, 9.17) is 4.99 Å². The number of carbonyl (C=O) groups excluding carboxylic acids is 1. The molecule has 1 heterocycles. The van der Waals surface area contributed by atoms with Crippen molar-refractivity contribution >= 4 is 34.1 Å². The summed E-state index contributed by atoms with van der Waals surface area (Å²) < 4.78 is 0. The first-order valence-corrected chi connectivity index (χ1v) is 10.7. The highest BCUT2D eigenvalue weighted by Crippen LogP contribution is 2.40. The van der Waals surface area contributed by atoms with Gasteiger partial charge in [0.1, 0.15) is 10.8 Å². The molecule has 0 atom stereocenters. The topological polar surface area (TPSA) is 61.7 Å². The van der Waals surface area contributed by atoms with E-state index in [0.29, 0.717) is 6.42 Å². The molecule has 4 rings (SSSR count). The van der Waals surface area contributed by atoms with Crippen LogP contribution < -0.4 is 5.32 Å². The number of nitrogens with one attached hydrogen (secondary N) is 1. The third-order valence-corrected chi connectivity index (χ3v) is 6.40. The van der Waals surface area contributed by atoms with Gasteiger partial charge in [0, 0.05) is 22.3 Å². The Morgan fingerprint density at radius 1 is 1.10 bits per heavy atom. The summed E-state index contributed by atoms with van der Waals surface area (Å²) in [5.74, 6) is 0.225. The van der Waals surface area contributed by atoms with Crippen molar-refractivity contribution in [2.45, 2.75) is 39.0 Å². The number of aryl methyl sites for hydroxylation is 2. The van der Waals surface area contributed by atoms with E-state index in [2.05, 4.69) is 5.32 Å². The van der Waals surface area contributed by atoms with Gasteiger partial charge in [-0.1, -0.05) is 17.7 Å². The summed E-state index contributed by atoms with van der Waals surface area (Å²) in [4.78, 5) is 18.8. The SMILES string of the molecule is Cc1ccc(NC(=O)Cc2c(N=Cc3ccc(O)cc3)sc3c2CCCC3)cc1. The molecule has 0 aliphatic heterocycles. The molecule has 3 aromatic rings. The zero-order valence-corrected chi connectivity index (χ0v) is 17.3. The van der Waals surface area contributed by atoms with Gasteiger partial charge in [-0.05, 0) is 80.1 Å². The molecule has 0 fully saturated rings. The lowest BCUT2D eigenvalue weighted by Gasteiger charge is -2.13. The Bertz CT molecular complexity index is 1030. The molecule has 1 aliphatic rings. The van der Waals surface area contributed by atoms with Crippen molar-refractivity contribution in [2.75, 3.05) is 5.32 Å². The lowest BCUT2D eigenvalue weighted by molar-refractivity contribution is -0.115. The second-order valence-corrected chi connectivity index (χ2v) is 8.52. The zero-order chi connectivity index (χ0) is 20.2. The number of amides is 1. The smallest absolute Gasteiger partial charge is 0.228 e. The van der Waals surface area contributed by atoms with Crippen molar-refractivity contribution in [2.24, 2.45) is 4.99 Å². The van der Waals surface area contributed by atoms with Crippen LogP contribution in [0.3, 0.4) is 0 Å². The van der Waals surface area contributed by atoms with Crippen LogP contribution in [0.25, 0.3) is 0 Å². The summed E-state index contributed by atoms with van der Waals surface area (Å²) >= 11 is 1.71. The van der Waals surface area contributed by atoms with Crippen molar-refractivity contribution in [3.05, 3.63) is 75.7 Å². The highest BCUT2D eigenvalue weighted by atomic mass is 32.1. The lowest BCUT2D eigenvalue weighted by Crippen LogP contribution is -2.15. The fourth-order valence-electron chi connectivity index (χ4n) is 3.60. The molecular weight excluding hydrogens is 380 g/mol. The molecule has 148 valence electrons. The van der Waals surface area contributed by atoms with Gasteiger partial charge in [0.2, 0.25) is 5.91 Å². The minimum atomic E-state index is -0.0129. The number of rotatable bonds is 5. The molecule has 2 N–H and O–H groups in total. The number of aliphatic imine (C=N–C) groups is 1. The maximum absolute atomic E-state index is 12.7. The number of phenolic OH excluding ortho intramolecular Hbond substituents is 1. The fourth-order valence-corrected chi connectivity index (χ4v) is 4.85. The molecule has 0 bridgehead atoms. The second kappa shape index (κ2) is 8.62. The summed E-state index contributed by atoms with van der Waals surface area (Å²) in [6.07, 6.45) is 6.59. The molecule has 0 spiro atoms. The molecule has 4 nitrogen and oxygen atoms in total. The third kappa shape index (κ3) is 4.74. The van der Waals surface area contributed by atoms with Crippen LogP contribution in [0.1, 0.15) is 40.0 Å². The molecule has 0 saturated carbocycles. The molecule has 2 aromatic carbocycles. The van der Waals surface area contributed by atoms with Crippen LogP contribution in [0.4, 0.5) is 10.7 Å². The minimum Gasteiger partial charge on any atom is -0.508 e. The Morgan fingerprint density at radius 3 is 2.59 bits per heavy atom. The molecule has 5 heteroatoms. The standard InChI is InChI=1S/C24H24N2O2S/c1-16-6-10-18(11-7-16)26-23(28)14-21-20-4-2-3-5-22(20)29-24(21)25-15-17-8-12-19(27)13-9-17/h6-13,15,27H,2-5,14H2,1H3,(H,26,28). The van der Waals surface area contributed by atoms with Gasteiger partial charge in [0.05, 0.1) is 6.42 Å². The van der Waals surface area contributed by atoms with Crippen LogP contribution in [0.15, 0.2) is 53.5 Å². The summed E-state index contributed by atoms with van der Waals surface area (Å²) in [5, 5.41) is 13.4. The first kappa shape index (κ1) is 19.4. The van der Waals surface area contributed by atoms with Gasteiger partial charge >= 0.3 is 0 Å². The number of hydrogen-bond donors (Lipinski definition) is 2. The predicted octanol–water partition coefficient (Wildman–Crippen LogP) is 5.57. The molecule has 29 heavy (non-hydrogen) atoms. The number of thiophene rings is 1. The van der Waals surface area contributed by atoms with Crippen LogP contribution in [0, 0.1) is 6.92 Å². The number of nitrogens with zero attached hydrogens (tertiary/aromatic N) is 1. The third-order valence-electron chi connectivity index (χ3n) is 5.16. The highest BCUT2D eigenvalue weighted by molar-refractivity contribution is 7.16. The number of carbonyl (C=O) groups is 1. The number of anilines is 1. The van der Waals surface area contributed by atoms with E-state index in [0.717, 1.165) is 41.1 Å². The van der Waals surface area contributed by atoms with Crippen LogP contribution in [-0.2, 0) is 24.1 Å². The van der Waals surface area contributed by atoms with Gasteiger partial charge in [-0.3, -0.25) is 4.79 Å². The van der Waals surface area contributed by atoms with Gasteiger partial charge in [-0.25, -0.2) is 4.99 Å². The Morgan fingerprint density at radius 2 is 1.83 bits per heavy atom. The molecule has 0 saturated heterocycles. The highest BCUT2D eigenvalue weighted by Gasteiger charge is 2.22. The van der Waals surface area contributed by atoms with E-state index in [9.17, 15) is 9.90 Å². The Kier molecular flexibility index (Phi) is 5.76. The van der Waals surface area contributed by atoms with E-state index >= 15 is 0 Å². The summed E-state index contributed by atoms with van der Waals surface area (Å²) in [6, 6.07) is 14.8. The molecule has 0 radical (unpaired) electrons. The number of benzene rings is 2. The molecule has 1 aliphatic carbocycles. The van der Waals surface area contributed by atoms with Crippen molar-refractivity contribution in [1.82, 2.24) is 0 Å². The number of hydrogen-bond acceptors (Lipinski definition) is 4.